The van der Waals surface area contributed by atoms with E-state index in [-0.39, 0.29) is 24.4 Å². The molecule has 1 saturated heterocycles. The highest BCUT2D eigenvalue weighted by atomic mass is 32.1. The number of fused-ring (bicyclic) bond motifs is 1. The Kier molecular flexibility index (Phi) is 7.50. The molecule has 7 heteroatoms. The number of benzene rings is 2. The van der Waals surface area contributed by atoms with E-state index >= 15 is 0 Å². The number of nitrogens with zero attached hydrogens (tertiary/aromatic N) is 2. The van der Waals surface area contributed by atoms with Gasteiger partial charge in [0, 0.05) is 26.1 Å². The van der Waals surface area contributed by atoms with Crippen molar-refractivity contribution in [2.24, 2.45) is 0 Å². The third-order valence-electron chi connectivity index (χ3n) is 6.04. The number of H-pyrrole nitrogens is 1. The zero-order chi connectivity index (χ0) is 22.3. The summed E-state index contributed by atoms with van der Waals surface area (Å²) in [5, 5.41) is 3.55. The number of nitrogens with one attached hydrogen (secondary N) is 2. The number of aromatic amines is 1. The lowest BCUT2D eigenvalue weighted by Gasteiger charge is -2.20. The van der Waals surface area contributed by atoms with Crippen molar-refractivity contribution >= 4 is 29.0 Å². The van der Waals surface area contributed by atoms with Crippen LogP contribution >= 0.6 is 12.2 Å². The molecule has 0 radical (unpaired) electrons. The average Bonchev–Trinajstić information content (AvgIpc) is 3.06. The van der Waals surface area contributed by atoms with E-state index in [9.17, 15) is 9.59 Å². The molecule has 1 aliphatic rings. The van der Waals surface area contributed by atoms with Gasteiger partial charge in [-0.1, -0.05) is 49.2 Å². The fourth-order valence-corrected chi connectivity index (χ4v) is 4.58. The lowest BCUT2D eigenvalue weighted by atomic mass is 10.1. The molecule has 0 atom stereocenters. The molecule has 1 fully saturated rings. The number of carbonyl (C=O) groups excluding carboxylic acids is 1. The second-order valence-corrected chi connectivity index (χ2v) is 8.86. The van der Waals surface area contributed by atoms with Crippen LogP contribution in [0.2, 0.25) is 0 Å². The van der Waals surface area contributed by atoms with Crippen LogP contribution in [0.1, 0.15) is 43.2 Å². The zero-order valence-electron chi connectivity index (χ0n) is 18.3. The molecule has 2 heterocycles. The van der Waals surface area contributed by atoms with Crippen LogP contribution in [0.3, 0.4) is 0 Å². The van der Waals surface area contributed by atoms with E-state index in [0.29, 0.717) is 22.2 Å². The maximum Gasteiger partial charge on any atom is 0.262 e. The molecule has 0 aliphatic carbocycles. The molecule has 2 aromatic carbocycles. The highest BCUT2D eigenvalue weighted by molar-refractivity contribution is 7.71. The zero-order valence-corrected chi connectivity index (χ0v) is 19.1. The van der Waals surface area contributed by atoms with E-state index < -0.39 is 0 Å². The number of likely N-dealkylation sites (tertiary alicyclic amines) is 1. The van der Waals surface area contributed by atoms with Crippen molar-refractivity contribution in [2.45, 2.75) is 51.7 Å². The monoisotopic (exact) mass is 450 g/mol. The van der Waals surface area contributed by atoms with Crippen LogP contribution < -0.4 is 10.9 Å². The van der Waals surface area contributed by atoms with Crippen LogP contribution in [0.4, 0.5) is 0 Å². The van der Waals surface area contributed by atoms with Crippen LogP contribution in [-0.2, 0) is 24.4 Å². The molecule has 168 valence electrons. The van der Waals surface area contributed by atoms with E-state index in [1.807, 2.05) is 24.3 Å². The fourth-order valence-electron chi connectivity index (χ4n) is 4.29. The lowest BCUT2D eigenvalue weighted by Crippen LogP contribution is -2.28. The molecule has 2 N–H and O–H groups in total. The van der Waals surface area contributed by atoms with Gasteiger partial charge in [0.1, 0.15) is 0 Å². The fraction of sp³-hybridized carbons (Fsp3) is 0.400. The predicted molar refractivity (Wildman–Crippen MR) is 130 cm³/mol. The second kappa shape index (κ2) is 10.7. The van der Waals surface area contributed by atoms with Crippen molar-refractivity contribution in [1.29, 1.82) is 0 Å². The van der Waals surface area contributed by atoms with Crippen molar-refractivity contribution in [2.75, 3.05) is 13.1 Å². The number of hydrogen-bond donors (Lipinski definition) is 2. The number of carbonyl (C=O) groups is 1. The van der Waals surface area contributed by atoms with Crippen LogP contribution in [0.15, 0.2) is 53.3 Å². The molecule has 1 amide bonds. The molecule has 32 heavy (non-hydrogen) atoms. The second-order valence-electron chi connectivity index (χ2n) is 8.47. The molecular formula is C25H30N4O2S. The lowest BCUT2D eigenvalue weighted by molar-refractivity contribution is -0.121. The van der Waals surface area contributed by atoms with Crippen molar-refractivity contribution in [3.63, 3.8) is 0 Å². The Morgan fingerprint density at radius 3 is 2.56 bits per heavy atom. The van der Waals surface area contributed by atoms with Gasteiger partial charge in [-0.15, -0.1) is 0 Å². The Hall–Kier alpha value is -2.77. The Balaban J connectivity index is 1.32. The summed E-state index contributed by atoms with van der Waals surface area (Å²) in [6.45, 7) is 4.02. The number of para-hydroxylation sites is 1. The van der Waals surface area contributed by atoms with Crippen LogP contribution in [0.25, 0.3) is 10.9 Å². The molecule has 0 spiro atoms. The highest BCUT2D eigenvalue weighted by Crippen LogP contribution is 2.14. The normalized spacial score (nSPS) is 14.9. The van der Waals surface area contributed by atoms with Gasteiger partial charge in [0.05, 0.1) is 10.9 Å². The van der Waals surface area contributed by atoms with Crippen molar-refractivity contribution in [3.8, 4) is 0 Å². The van der Waals surface area contributed by atoms with Crippen molar-refractivity contribution < 1.29 is 4.79 Å². The summed E-state index contributed by atoms with van der Waals surface area (Å²) in [5.74, 6) is -0.0996. The largest absolute Gasteiger partial charge is 0.352 e. The van der Waals surface area contributed by atoms with Gasteiger partial charge >= 0.3 is 0 Å². The minimum Gasteiger partial charge on any atom is -0.352 e. The van der Waals surface area contributed by atoms with Gasteiger partial charge in [0.2, 0.25) is 5.91 Å². The smallest absolute Gasteiger partial charge is 0.262 e. The molecule has 1 aliphatic heterocycles. The molecular weight excluding hydrogens is 420 g/mol. The summed E-state index contributed by atoms with van der Waals surface area (Å²) in [7, 11) is 0. The van der Waals surface area contributed by atoms with Crippen molar-refractivity contribution in [3.05, 3.63) is 74.8 Å². The van der Waals surface area contributed by atoms with Gasteiger partial charge in [0.25, 0.3) is 5.56 Å². The minimum absolute atomic E-state index is 0.0996. The van der Waals surface area contributed by atoms with Crippen LogP contribution in [0, 0.1) is 4.77 Å². The van der Waals surface area contributed by atoms with E-state index in [1.54, 1.807) is 6.07 Å². The minimum atomic E-state index is -0.168. The van der Waals surface area contributed by atoms with Crippen LogP contribution in [0.5, 0.6) is 0 Å². The van der Waals surface area contributed by atoms with E-state index in [0.717, 1.165) is 25.2 Å². The first-order valence-corrected chi connectivity index (χ1v) is 11.8. The van der Waals surface area contributed by atoms with Gasteiger partial charge in [-0.05, 0) is 61.4 Å². The van der Waals surface area contributed by atoms with Gasteiger partial charge < -0.3 is 10.3 Å². The third kappa shape index (κ3) is 5.72. The first kappa shape index (κ1) is 22.4. The summed E-state index contributed by atoms with van der Waals surface area (Å²) >= 11 is 5.32. The maximum atomic E-state index is 12.7. The molecule has 6 nitrogen and oxygen atoms in total. The first-order valence-electron chi connectivity index (χ1n) is 11.4. The van der Waals surface area contributed by atoms with Crippen LogP contribution in [-0.4, -0.2) is 33.4 Å². The molecule has 4 rings (SSSR count). The number of amides is 1. The molecule has 0 unspecified atom stereocenters. The molecule has 0 saturated carbocycles. The predicted octanol–water partition coefficient (Wildman–Crippen LogP) is 4.14. The van der Waals surface area contributed by atoms with E-state index in [1.165, 1.54) is 35.8 Å². The highest BCUT2D eigenvalue weighted by Gasteiger charge is 2.11. The van der Waals surface area contributed by atoms with Crippen molar-refractivity contribution in [1.82, 2.24) is 19.8 Å². The molecule has 1 aromatic heterocycles. The summed E-state index contributed by atoms with van der Waals surface area (Å²) in [5.41, 5.74) is 2.92. The maximum absolute atomic E-state index is 12.7. The Morgan fingerprint density at radius 1 is 1.00 bits per heavy atom. The van der Waals surface area contributed by atoms with E-state index in [2.05, 4.69) is 33.4 Å². The summed E-state index contributed by atoms with van der Waals surface area (Å²) < 4.78 is 1.79. The Morgan fingerprint density at radius 2 is 1.75 bits per heavy atom. The summed E-state index contributed by atoms with van der Waals surface area (Å²) in [6.07, 6.45) is 5.42. The Labute approximate surface area is 193 Å². The number of aromatic nitrogens is 2. The quantitative estimate of drug-likeness (QED) is 0.531. The average molecular weight is 451 g/mol. The standard InChI is InChI=1S/C25H30N4O2S/c30-23(12-15-29-24(31)21-10-3-4-11-22(21)27-25(29)32)26-17-19-8-7-9-20(16-19)18-28-13-5-1-2-6-14-28/h3-4,7-11,16H,1-2,5-6,12-15,17-18H2,(H,26,30)(H,27,32). The first-order chi connectivity index (χ1) is 15.6. The summed E-state index contributed by atoms with van der Waals surface area (Å²) in [6, 6.07) is 15.7. The van der Waals surface area contributed by atoms with Gasteiger partial charge in [-0.3, -0.25) is 19.1 Å². The van der Waals surface area contributed by atoms with Gasteiger partial charge in [-0.25, -0.2) is 0 Å². The topological polar surface area (TPSA) is 70.1 Å². The van der Waals surface area contributed by atoms with Gasteiger partial charge in [0.15, 0.2) is 4.77 Å². The SMILES string of the molecule is O=C(CCn1c(=S)[nH]c2ccccc2c1=O)NCc1cccc(CN2CCCCCC2)c1. The molecule has 0 bridgehead atoms. The van der Waals surface area contributed by atoms with Gasteiger partial charge in [-0.2, -0.15) is 0 Å². The Bertz CT molecular complexity index is 1190. The summed E-state index contributed by atoms with van der Waals surface area (Å²) in [4.78, 5) is 30.7. The number of rotatable bonds is 7. The third-order valence-corrected chi connectivity index (χ3v) is 6.36. The van der Waals surface area contributed by atoms with E-state index in [4.69, 9.17) is 12.2 Å². The molecule has 3 aromatic rings. The number of hydrogen-bond acceptors (Lipinski definition) is 4.